The van der Waals surface area contributed by atoms with Gasteiger partial charge in [0.1, 0.15) is 5.75 Å². The van der Waals surface area contributed by atoms with Crippen LogP contribution in [0.5, 0.6) is 5.75 Å². The first-order valence-corrected chi connectivity index (χ1v) is 6.13. The van der Waals surface area contributed by atoms with Gasteiger partial charge in [-0.15, -0.1) is 0 Å². The molecule has 0 radical (unpaired) electrons. The van der Waals surface area contributed by atoms with Crippen LogP contribution in [0.15, 0.2) is 47.5 Å². The largest absolute Gasteiger partial charge is 0.507 e. The number of para-hydroxylation sites is 1. The van der Waals surface area contributed by atoms with Crippen LogP contribution in [0.1, 0.15) is 21.5 Å². The van der Waals surface area contributed by atoms with E-state index in [1.165, 1.54) is 13.3 Å². The Kier molecular flexibility index (Phi) is 4.15. The van der Waals surface area contributed by atoms with Gasteiger partial charge in [0.15, 0.2) is 0 Å². The molecule has 20 heavy (non-hydrogen) atoms. The van der Waals surface area contributed by atoms with Crippen LogP contribution in [0.2, 0.25) is 0 Å². The summed E-state index contributed by atoms with van der Waals surface area (Å²) in [5.41, 5.74) is 2.24. The van der Waals surface area contributed by atoms with Crippen molar-refractivity contribution in [1.29, 1.82) is 0 Å². The number of hydrogen-bond acceptors (Lipinski definition) is 4. The number of ether oxygens (including phenoxy) is 1. The molecule has 0 aromatic heterocycles. The highest BCUT2D eigenvalue weighted by atomic mass is 16.5. The Labute approximate surface area is 117 Å². The van der Waals surface area contributed by atoms with Crippen molar-refractivity contribution in [1.82, 2.24) is 0 Å². The lowest BCUT2D eigenvalue weighted by Crippen LogP contribution is -2.03. The molecule has 1 N–H and O–H groups in total. The van der Waals surface area contributed by atoms with E-state index < -0.39 is 5.97 Å². The molecule has 0 aliphatic heterocycles. The van der Waals surface area contributed by atoms with Crippen molar-refractivity contribution in [3.05, 3.63) is 59.2 Å². The van der Waals surface area contributed by atoms with E-state index in [-0.39, 0.29) is 5.75 Å². The number of nitrogens with zero attached hydrogens (tertiary/aromatic N) is 1. The van der Waals surface area contributed by atoms with Crippen LogP contribution in [0.3, 0.4) is 0 Å². The van der Waals surface area contributed by atoms with Crippen molar-refractivity contribution in [3.63, 3.8) is 0 Å². The molecule has 0 atom stereocenters. The van der Waals surface area contributed by atoms with Crippen molar-refractivity contribution in [2.45, 2.75) is 6.92 Å². The predicted octanol–water partition coefficient (Wildman–Crippen LogP) is 3.24. The lowest BCUT2D eigenvalue weighted by molar-refractivity contribution is 0.0600. The molecule has 102 valence electrons. The highest BCUT2D eigenvalue weighted by molar-refractivity contribution is 5.94. The van der Waals surface area contributed by atoms with Gasteiger partial charge >= 0.3 is 5.97 Å². The Morgan fingerprint density at radius 3 is 2.60 bits per heavy atom. The molecule has 0 saturated heterocycles. The smallest absolute Gasteiger partial charge is 0.337 e. The summed E-state index contributed by atoms with van der Waals surface area (Å²) in [7, 11) is 1.32. The third kappa shape index (κ3) is 3.03. The number of carbonyl (C=O) groups is 1. The molecule has 4 heteroatoms. The molecule has 0 fully saturated rings. The molecule has 2 aromatic rings. The maximum atomic E-state index is 11.6. The summed E-state index contributed by atoms with van der Waals surface area (Å²) in [5, 5.41) is 10.0. The number of carbonyl (C=O) groups excluding carboxylic acids is 1. The van der Waals surface area contributed by atoms with E-state index in [2.05, 4.69) is 9.73 Å². The Balaban J connectivity index is 2.38. The van der Waals surface area contributed by atoms with Crippen LogP contribution >= 0.6 is 0 Å². The first-order chi connectivity index (χ1) is 9.61. The summed E-state index contributed by atoms with van der Waals surface area (Å²) in [5.74, 6) is -0.334. The number of aromatic hydroxyl groups is 1. The van der Waals surface area contributed by atoms with Gasteiger partial charge in [-0.25, -0.2) is 4.79 Å². The summed E-state index contributed by atoms with van der Waals surface area (Å²) in [6, 6.07) is 12.5. The minimum absolute atomic E-state index is 0.109. The standard InChI is InChI=1S/C16H15NO3/c1-11-8-12(16(19)20-2)9-13(15(11)18)10-17-14-6-4-3-5-7-14/h3-10,18H,1-2H3. The van der Waals surface area contributed by atoms with Gasteiger partial charge in [0.05, 0.1) is 18.4 Å². The summed E-state index contributed by atoms with van der Waals surface area (Å²) < 4.78 is 4.68. The average Bonchev–Trinajstić information content (AvgIpc) is 2.48. The van der Waals surface area contributed by atoms with E-state index in [1.54, 1.807) is 19.1 Å². The van der Waals surface area contributed by atoms with Gasteiger partial charge in [-0.1, -0.05) is 18.2 Å². The van der Waals surface area contributed by atoms with E-state index in [9.17, 15) is 9.90 Å². The lowest BCUT2D eigenvalue weighted by Gasteiger charge is -2.06. The van der Waals surface area contributed by atoms with Gasteiger partial charge in [0.2, 0.25) is 0 Å². The Hall–Kier alpha value is -2.62. The van der Waals surface area contributed by atoms with Crippen LogP contribution in [-0.4, -0.2) is 24.4 Å². The van der Waals surface area contributed by atoms with Crippen molar-refractivity contribution in [2.75, 3.05) is 7.11 Å². The summed E-state index contributed by atoms with van der Waals surface area (Å²) in [4.78, 5) is 15.8. The Morgan fingerprint density at radius 1 is 1.25 bits per heavy atom. The molecule has 0 unspecified atom stereocenters. The van der Waals surface area contributed by atoms with Crippen molar-refractivity contribution >= 4 is 17.9 Å². The zero-order valence-corrected chi connectivity index (χ0v) is 11.3. The highest BCUT2D eigenvalue weighted by Gasteiger charge is 2.11. The van der Waals surface area contributed by atoms with Crippen LogP contribution in [-0.2, 0) is 4.74 Å². The number of rotatable bonds is 3. The molecule has 0 aliphatic rings. The summed E-state index contributed by atoms with van der Waals surface area (Å²) >= 11 is 0. The highest BCUT2D eigenvalue weighted by Crippen LogP contribution is 2.23. The first kappa shape index (κ1) is 13.8. The van der Waals surface area contributed by atoms with Gasteiger partial charge in [-0.2, -0.15) is 0 Å². The number of phenolic OH excluding ortho intramolecular Hbond substituents is 1. The van der Waals surface area contributed by atoms with E-state index in [4.69, 9.17) is 0 Å². The third-order valence-electron chi connectivity index (χ3n) is 2.86. The van der Waals surface area contributed by atoms with Gasteiger partial charge < -0.3 is 9.84 Å². The third-order valence-corrected chi connectivity index (χ3v) is 2.86. The lowest BCUT2D eigenvalue weighted by atomic mass is 10.1. The topological polar surface area (TPSA) is 58.9 Å². The molecule has 0 bridgehead atoms. The summed E-state index contributed by atoms with van der Waals surface area (Å²) in [6.45, 7) is 1.72. The monoisotopic (exact) mass is 269 g/mol. The molecule has 0 aliphatic carbocycles. The molecule has 4 nitrogen and oxygen atoms in total. The SMILES string of the molecule is COC(=O)c1cc(C)c(O)c(C=Nc2ccccc2)c1. The second-order valence-corrected chi connectivity index (χ2v) is 4.32. The van der Waals surface area contributed by atoms with E-state index in [0.717, 1.165) is 5.69 Å². The molecule has 0 heterocycles. The quantitative estimate of drug-likeness (QED) is 0.687. The van der Waals surface area contributed by atoms with Crippen molar-refractivity contribution in [3.8, 4) is 5.75 Å². The average molecular weight is 269 g/mol. The van der Waals surface area contributed by atoms with E-state index in [0.29, 0.717) is 16.7 Å². The van der Waals surface area contributed by atoms with Crippen molar-refractivity contribution < 1.29 is 14.6 Å². The van der Waals surface area contributed by atoms with Gasteiger partial charge in [0.25, 0.3) is 0 Å². The van der Waals surface area contributed by atoms with Crippen molar-refractivity contribution in [2.24, 2.45) is 4.99 Å². The van der Waals surface area contributed by atoms with E-state index >= 15 is 0 Å². The molecule has 0 amide bonds. The fraction of sp³-hybridized carbons (Fsp3) is 0.125. The summed E-state index contributed by atoms with van der Waals surface area (Å²) in [6.07, 6.45) is 1.53. The number of hydrogen-bond donors (Lipinski definition) is 1. The van der Waals surface area contributed by atoms with Gasteiger partial charge in [-0.05, 0) is 36.8 Å². The van der Waals surface area contributed by atoms with Crippen LogP contribution < -0.4 is 0 Å². The molecule has 0 saturated carbocycles. The number of aliphatic imine (C=N–C) groups is 1. The Bertz CT molecular complexity index is 648. The molecule has 2 rings (SSSR count). The first-order valence-electron chi connectivity index (χ1n) is 6.13. The number of phenols is 1. The normalized spacial score (nSPS) is 10.7. The minimum Gasteiger partial charge on any atom is -0.507 e. The number of aryl methyl sites for hydroxylation is 1. The zero-order valence-electron chi connectivity index (χ0n) is 11.3. The second kappa shape index (κ2) is 6.02. The second-order valence-electron chi connectivity index (χ2n) is 4.32. The fourth-order valence-electron chi connectivity index (χ4n) is 1.80. The van der Waals surface area contributed by atoms with Crippen LogP contribution in [0, 0.1) is 6.92 Å². The number of esters is 1. The van der Waals surface area contributed by atoms with Crippen LogP contribution in [0.25, 0.3) is 0 Å². The molecule has 0 spiro atoms. The molecule has 2 aromatic carbocycles. The van der Waals surface area contributed by atoms with E-state index in [1.807, 2.05) is 30.3 Å². The number of methoxy groups -OCH3 is 1. The number of benzene rings is 2. The van der Waals surface area contributed by atoms with Gasteiger partial charge in [-0.3, -0.25) is 4.99 Å². The van der Waals surface area contributed by atoms with Crippen LogP contribution in [0.4, 0.5) is 5.69 Å². The Morgan fingerprint density at radius 2 is 1.95 bits per heavy atom. The fourth-order valence-corrected chi connectivity index (χ4v) is 1.80. The molecular formula is C16H15NO3. The maximum Gasteiger partial charge on any atom is 0.337 e. The maximum absolute atomic E-state index is 11.6. The molecular weight excluding hydrogens is 254 g/mol. The zero-order chi connectivity index (χ0) is 14.5. The minimum atomic E-state index is -0.442. The predicted molar refractivity (Wildman–Crippen MR) is 77.9 cm³/mol. The van der Waals surface area contributed by atoms with Gasteiger partial charge in [0, 0.05) is 11.8 Å².